The summed E-state index contributed by atoms with van der Waals surface area (Å²) in [7, 11) is 0. The number of amides is 2. The van der Waals surface area contributed by atoms with Crippen molar-refractivity contribution in [3.05, 3.63) is 73.8 Å². The van der Waals surface area contributed by atoms with E-state index in [4.69, 9.17) is 23.2 Å². The van der Waals surface area contributed by atoms with Crippen molar-refractivity contribution in [3.8, 4) is 0 Å². The normalized spacial score (nSPS) is 11.6. The highest BCUT2D eigenvalue weighted by Crippen LogP contribution is 2.22. The fourth-order valence-corrected chi connectivity index (χ4v) is 3.45. The molecule has 0 bridgehead atoms. The summed E-state index contributed by atoms with van der Waals surface area (Å²) < 4.78 is 0. The zero-order valence-corrected chi connectivity index (χ0v) is 18.5. The van der Waals surface area contributed by atoms with Gasteiger partial charge in [0, 0.05) is 23.7 Å². The predicted molar refractivity (Wildman–Crippen MR) is 121 cm³/mol. The molecule has 2 aromatic rings. The third-order valence-electron chi connectivity index (χ3n) is 4.26. The van der Waals surface area contributed by atoms with Gasteiger partial charge in [0.25, 0.3) is 11.6 Å². The molecule has 0 aliphatic carbocycles. The van der Waals surface area contributed by atoms with E-state index in [-0.39, 0.29) is 22.2 Å². The summed E-state index contributed by atoms with van der Waals surface area (Å²) in [6, 6.07) is 10.1. The molecule has 2 N–H and O–H groups in total. The van der Waals surface area contributed by atoms with E-state index in [0.717, 1.165) is 11.6 Å². The van der Waals surface area contributed by atoms with E-state index in [1.807, 2.05) is 18.4 Å². The van der Waals surface area contributed by atoms with E-state index in [9.17, 15) is 19.7 Å². The Morgan fingerprint density at radius 1 is 1.17 bits per heavy atom. The average Bonchev–Trinajstić information content (AvgIpc) is 2.72. The van der Waals surface area contributed by atoms with Gasteiger partial charge in [-0.05, 0) is 48.6 Å². The minimum Gasteiger partial charge on any atom is -0.354 e. The van der Waals surface area contributed by atoms with Gasteiger partial charge in [-0.2, -0.15) is 11.8 Å². The first-order chi connectivity index (χ1) is 14.3. The summed E-state index contributed by atoms with van der Waals surface area (Å²) in [5.41, 5.74) is 0.722. The molecule has 0 fully saturated rings. The molecule has 0 saturated heterocycles. The van der Waals surface area contributed by atoms with Crippen molar-refractivity contribution in [2.75, 3.05) is 18.6 Å². The average molecular weight is 470 g/mol. The van der Waals surface area contributed by atoms with Gasteiger partial charge in [-0.1, -0.05) is 35.3 Å². The zero-order valence-electron chi connectivity index (χ0n) is 16.2. The van der Waals surface area contributed by atoms with Gasteiger partial charge in [0.05, 0.1) is 15.5 Å². The van der Waals surface area contributed by atoms with Gasteiger partial charge in [-0.25, -0.2) is 0 Å². The second-order valence-corrected chi connectivity index (χ2v) is 8.23. The first-order valence-electron chi connectivity index (χ1n) is 9.07. The number of hydrogen-bond donors (Lipinski definition) is 2. The van der Waals surface area contributed by atoms with Crippen LogP contribution in [0.15, 0.2) is 42.5 Å². The smallest absolute Gasteiger partial charge is 0.270 e. The summed E-state index contributed by atoms with van der Waals surface area (Å²) in [6.07, 6.45) is 2.92. The van der Waals surface area contributed by atoms with Crippen LogP contribution in [0.1, 0.15) is 22.3 Å². The second-order valence-electron chi connectivity index (χ2n) is 6.40. The van der Waals surface area contributed by atoms with Gasteiger partial charge in [-0.3, -0.25) is 19.7 Å². The lowest BCUT2D eigenvalue weighted by molar-refractivity contribution is -0.384. The van der Waals surface area contributed by atoms with Gasteiger partial charge in [0.1, 0.15) is 6.04 Å². The molecule has 1 atom stereocenters. The molecule has 2 rings (SSSR count). The van der Waals surface area contributed by atoms with Crippen LogP contribution >= 0.6 is 35.0 Å². The number of carbonyl (C=O) groups is 2. The molecule has 10 heteroatoms. The minimum absolute atomic E-state index is 0.0472. The lowest BCUT2D eigenvalue weighted by Gasteiger charge is -2.18. The highest BCUT2D eigenvalue weighted by atomic mass is 35.5. The quantitative estimate of drug-likeness (QED) is 0.402. The van der Waals surface area contributed by atoms with E-state index in [1.54, 1.807) is 23.9 Å². The molecule has 30 heavy (non-hydrogen) atoms. The molecule has 0 unspecified atom stereocenters. The molecule has 0 aliphatic rings. The Morgan fingerprint density at radius 2 is 1.87 bits per heavy atom. The molecule has 0 heterocycles. The molecule has 0 spiro atoms. The van der Waals surface area contributed by atoms with Gasteiger partial charge in [-0.15, -0.1) is 0 Å². The number of nitro benzene ring substituents is 1. The fourth-order valence-electron chi connectivity index (χ4n) is 2.65. The second kappa shape index (κ2) is 11.8. The van der Waals surface area contributed by atoms with E-state index < -0.39 is 16.9 Å². The molecule has 2 aromatic carbocycles. The van der Waals surface area contributed by atoms with E-state index in [0.29, 0.717) is 30.2 Å². The lowest BCUT2D eigenvalue weighted by Crippen LogP contribution is -2.47. The van der Waals surface area contributed by atoms with Gasteiger partial charge in [0.15, 0.2) is 0 Å². The molecule has 0 aromatic heterocycles. The van der Waals surface area contributed by atoms with Crippen molar-refractivity contribution < 1.29 is 14.5 Å². The van der Waals surface area contributed by atoms with Gasteiger partial charge < -0.3 is 10.6 Å². The van der Waals surface area contributed by atoms with Crippen molar-refractivity contribution in [2.45, 2.75) is 18.9 Å². The number of benzene rings is 2. The van der Waals surface area contributed by atoms with E-state index in [2.05, 4.69) is 10.6 Å². The van der Waals surface area contributed by atoms with Crippen LogP contribution in [0.25, 0.3) is 0 Å². The number of carbonyl (C=O) groups excluding carboxylic acids is 2. The maximum absolute atomic E-state index is 12.6. The number of nitro groups is 1. The van der Waals surface area contributed by atoms with Crippen LogP contribution in [0, 0.1) is 10.1 Å². The van der Waals surface area contributed by atoms with Crippen molar-refractivity contribution in [3.63, 3.8) is 0 Å². The van der Waals surface area contributed by atoms with Gasteiger partial charge in [0.2, 0.25) is 5.91 Å². The van der Waals surface area contributed by atoms with Crippen molar-refractivity contribution >= 4 is 52.5 Å². The first-order valence-corrected chi connectivity index (χ1v) is 11.2. The largest absolute Gasteiger partial charge is 0.354 e. The Bertz CT molecular complexity index is 909. The number of non-ortho nitro benzene ring substituents is 1. The maximum atomic E-state index is 12.6. The number of hydrogen-bond acceptors (Lipinski definition) is 5. The molecule has 0 aliphatic heterocycles. The summed E-state index contributed by atoms with van der Waals surface area (Å²) in [5, 5.41) is 17.1. The summed E-state index contributed by atoms with van der Waals surface area (Å²) >= 11 is 13.4. The monoisotopic (exact) mass is 469 g/mol. The SMILES string of the molecule is CSCC[C@H](NC(=O)c1cc([N+](=O)[O-])ccc1Cl)C(=O)NCCc1ccc(Cl)cc1. The van der Waals surface area contributed by atoms with Crippen LogP contribution in [-0.4, -0.2) is 41.3 Å². The predicted octanol–water partition coefficient (Wildman–Crippen LogP) is 4.11. The van der Waals surface area contributed by atoms with Crippen molar-refractivity contribution in [1.82, 2.24) is 10.6 Å². The van der Waals surface area contributed by atoms with Crippen molar-refractivity contribution in [1.29, 1.82) is 0 Å². The Hall–Kier alpha value is -2.29. The summed E-state index contributed by atoms with van der Waals surface area (Å²) in [4.78, 5) is 35.6. The van der Waals surface area contributed by atoms with Crippen LogP contribution in [0.2, 0.25) is 10.0 Å². The van der Waals surface area contributed by atoms with Gasteiger partial charge >= 0.3 is 0 Å². The number of thioether (sulfide) groups is 1. The van der Waals surface area contributed by atoms with Crippen LogP contribution in [0.5, 0.6) is 0 Å². The third-order valence-corrected chi connectivity index (χ3v) is 5.49. The number of halogens is 2. The maximum Gasteiger partial charge on any atom is 0.270 e. The topological polar surface area (TPSA) is 101 Å². The number of nitrogens with zero attached hydrogens (tertiary/aromatic N) is 1. The van der Waals surface area contributed by atoms with E-state index >= 15 is 0 Å². The Labute approximate surface area is 188 Å². The molecular weight excluding hydrogens is 449 g/mol. The highest BCUT2D eigenvalue weighted by Gasteiger charge is 2.23. The fraction of sp³-hybridized carbons (Fsp3) is 0.300. The molecule has 0 radical (unpaired) electrons. The Balaban J connectivity index is 2.02. The molecule has 160 valence electrons. The summed E-state index contributed by atoms with van der Waals surface area (Å²) in [6.45, 7) is 0.393. The highest BCUT2D eigenvalue weighted by molar-refractivity contribution is 7.98. The number of nitrogens with one attached hydrogen (secondary N) is 2. The zero-order chi connectivity index (χ0) is 22.1. The Kier molecular flexibility index (Phi) is 9.42. The molecule has 0 saturated carbocycles. The standard InChI is InChI=1S/C20H21Cl2N3O4S/c1-30-11-9-18(20(27)23-10-8-13-2-4-14(21)5-3-13)24-19(26)16-12-15(25(28)29)6-7-17(16)22/h2-7,12,18H,8-11H2,1H3,(H,23,27)(H,24,26)/t18-/m0/s1. The first kappa shape index (κ1) is 24.0. The van der Waals surface area contributed by atoms with Crippen molar-refractivity contribution in [2.24, 2.45) is 0 Å². The van der Waals surface area contributed by atoms with E-state index in [1.165, 1.54) is 12.1 Å². The number of rotatable bonds is 10. The summed E-state index contributed by atoms with van der Waals surface area (Å²) in [5.74, 6) is -0.311. The van der Waals surface area contributed by atoms with Crippen LogP contribution in [0.4, 0.5) is 5.69 Å². The molecule has 7 nitrogen and oxygen atoms in total. The van der Waals surface area contributed by atoms with Crippen LogP contribution < -0.4 is 10.6 Å². The third kappa shape index (κ3) is 7.19. The Morgan fingerprint density at radius 3 is 2.50 bits per heavy atom. The van der Waals surface area contributed by atoms with Crippen LogP contribution in [-0.2, 0) is 11.2 Å². The minimum atomic E-state index is -0.787. The molecule has 2 amide bonds. The lowest BCUT2D eigenvalue weighted by atomic mass is 10.1. The molecular formula is C20H21Cl2N3O4S. The van der Waals surface area contributed by atoms with Crippen LogP contribution in [0.3, 0.4) is 0 Å².